The topological polar surface area (TPSA) is 40.5 Å². The van der Waals surface area contributed by atoms with Crippen LogP contribution in [0.4, 0.5) is 0 Å². The summed E-state index contributed by atoms with van der Waals surface area (Å²) < 4.78 is 0. The van der Waals surface area contributed by atoms with E-state index in [2.05, 4.69) is 6.58 Å². The van der Waals surface area contributed by atoms with Gasteiger partial charge in [0.1, 0.15) is 11.9 Å². The van der Waals surface area contributed by atoms with Gasteiger partial charge in [-0.2, -0.15) is 0 Å². The molecule has 0 aliphatic rings. The van der Waals surface area contributed by atoms with E-state index in [0.29, 0.717) is 10.6 Å². The number of phenols is 1. The largest absolute Gasteiger partial charge is 0.508 e. The van der Waals surface area contributed by atoms with Crippen LogP contribution in [0.3, 0.4) is 0 Å². The number of aliphatic hydroxyl groups excluding tert-OH is 1. The molecular weight excluding hydrogens is 176 g/mol. The molecule has 2 N–H and O–H groups in total. The van der Waals surface area contributed by atoms with Crippen molar-refractivity contribution in [3.8, 4) is 5.75 Å². The van der Waals surface area contributed by atoms with Gasteiger partial charge in [0, 0.05) is 10.6 Å². The van der Waals surface area contributed by atoms with Crippen LogP contribution in [0, 0.1) is 0 Å². The van der Waals surface area contributed by atoms with E-state index >= 15 is 0 Å². The van der Waals surface area contributed by atoms with Gasteiger partial charge in [0.05, 0.1) is 0 Å². The van der Waals surface area contributed by atoms with E-state index in [1.54, 1.807) is 12.1 Å². The predicted octanol–water partition coefficient (Wildman–Crippen LogP) is 2.27. The Morgan fingerprint density at radius 2 is 2.17 bits per heavy atom. The number of halogens is 1. The van der Waals surface area contributed by atoms with E-state index in [0.717, 1.165) is 0 Å². The zero-order valence-corrected chi connectivity index (χ0v) is 7.12. The van der Waals surface area contributed by atoms with Gasteiger partial charge in [0.2, 0.25) is 0 Å². The number of rotatable bonds is 2. The molecule has 0 aliphatic heterocycles. The summed E-state index contributed by atoms with van der Waals surface area (Å²) in [6.07, 6.45) is 0.491. The summed E-state index contributed by atoms with van der Waals surface area (Å²) >= 11 is 5.60. The molecule has 0 radical (unpaired) electrons. The van der Waals surface area contributed by atoms with Crippen LogP contribution in [-0.4, -0.2) is 10.2 Å². The van der Waals surface area contributed by atoms with Crippen LogP contribution >= 0.6 is 11.6 Å². The van der Waals surface area contributed by atoms with Crippen LogP contribution in [-0.2, 0) is 0 Å². The zero-order chi connectivity index (χ0) is 9.14. The van der Waals surface area contributed by atoms with Crippen LogP contribution in [0.2, 0.25) is 5.02 Å². The predicted molar refractivity (Wildman–Crippen MR) is 48.3 cm³/mol. The summed E-state index contributed by atoms with van der Waals surface area (Å²) in [4.78, 5) is 0. The van der Waals surface area contributed by atoms with E-state index < -0.39 is 6.10 Å². The van der Waals surface area contributed by atoms with Gasteiger partial charge in [-0.3, -0.25) is 0 Å². The molecule has 1 atom stereocenters. The monoisotopic (exact) mass is 184 g/mol. The van der Waals surface area contributed by atoms with Gasteiger partial charge in [0.15, 0.2) is 0 Å². The molecule has 3 heteroatoms. The molecule has 2 nitrogen and oxygen atoms in total. The summed E-state index contributed by atoms with van der Waals surface area (Å²) in [5, 5.41) is 19.0. The minimum Gasteiger partial charge on any atom is -0.508 e. The standard InChI is InChI=1S/C9H9ClO2/c1-2-8(11)7-4-3-6(10)5-9(7)12/h2-5,8,11-12H,1H2. The fourth-order valence-corrected chi connectivity index (χ4v) is 1.06. The Bertz CT molecular complexity index is 297. The highest BCUT2D eigenvalue weighted by Gasteiger charge is 2.07. The van der Waals surface area contributed by atoms with E-state index in [9.17, 15) is 10.2 Å². The van der Waals surface area contributed by atoms with Crippen molar-refractivity contribution < 1.29 is 10.2 Å². The molecular formula is C9H9ClO2. The Kier molecular flexibility index (Phi) is 2.74. The Labute approximate surface area is 75.7 Å². The first-order valence-corrected chi connectivity index (χ1v) is 3.82. The van der Waals surface area contributed by atoms with Gasteiger partial charge in [-0.1, -0.05) is 23.7 Å². The number of hydrogen-bond acceptors (Lipinski definition) is 2. The Morgan fingerprint density at radius 3 is 2.67 bits per heavy atom. The molecule has 1 rings (SSSR count). The minimum absolute atomic E-state index is 0.0186. The summed E-state index contributed by atoms with van der Waals surface area (Å²) in [5.41, 5.74) is 0.411. The van der Waals surface area contributed by atoms with E-state index in [1.165, 1.54) is 12.1 Å². The zero-order valence-electron chi connectivity index (χ0n) is 6.37. The second-order valence-electron chi connectivity index (χ2n) is 2.38. The molecule has 0 heterocycles. The molecule has 0 aromatic heterocycles. The third-order valence-electron chi connectivity index (χ3n) is 1.53. The Hall–Kier alpha value is -0.990. The average molecular weight is 185 g/mol. The highest BCUT2D eigenvalue weighted by molar-refractivity contribution is 6.30. The number of aromatic hydroxyl groups is 1. The van der Waals surface area contributed by atoms with Crippen molar-refractivity contribution in [2.45, 2.75) is 6.10 Å². The number of hydrogen-bond donors (Lipinski definition) is 2. The first kappa shape index (κ1) is 9.10. The average Bonchev–Trinajstić information content (AvgIpc) is 2.03. The lowest BCUT2D eigenvalue weighted by molar-refractivity contribution is 0.224. The highest BCUT2D eigenvalue weighted by Crippen LogP contribution is 2.27. The summed E-state index contributed by atoms with van der Waals surface area (Å²) in [6, 6.07) is 4.54. The smallest absolute Gasteiger partial charge is 0.123 e. The molecule has 0 saturated carbocycles. The molecule has 1 aromatic carbocycles. The molecule has 1 unspecified atom stereocenters. The van der Waals surface area contributed by atoms with Crippen molar-refractivity contribution in [3.63, 3.8) is 0 Å². The number of phenolic OH excluding ortho intramolecular Hbond substituents is 1. The van der Waals surface area contributed by atoms with Gasteiger partial charge in [0.25, 0.3) is 0 Å². The van der Waals surface area contributed by atoms with E-state index in [4.69, 9.17) is 11.6 Å². The quantitative estimate of drug-likeness (QED) is 0.693. The molecule has 64 valence electrons. The molecule has 1 aromatic rings. The lowest BCUT2D eigenvalue weighted by Gasteiger charge is -2.07. The molecule has 0 spiro atoms. The van der Waals surface area contributed by atoms with Crippen molar-refractivity contribution in [1.29, 1.82) is 0 Å². The van der Waals surface area contributed by atoms with Gasteiger partial charge in [-0.25, -0.2) is 0 Å². The van der Waals surface area contributed by atoms with Crippen molar-refractivity contribution in [2.75, 3.05) is 0 Å². The molecule has 0 fully saturated rings. The Balaban J connectivity index is 3.09. The minimum atomic E-state index is -0.845. The van der Waals surface area contributed by atoms with Crippen molar-refractivity contribution in [1.82, 2.24) is 0 Å². The third kappa shape index (κ3) is 1.78. The van der Waals surface area contributed by atoms with Crippen LogP contribution in [0.5, 0.6) is 5.75 Å². The van der Waals surface area contributed by atoms with E-state index in [1.807, 2.05) is 0 Å². The molecule has 0 aliphatic carbocycles. The summed E-state index contributed by atoms with van der Waals surface area (Å²) in [6.45, 7) is 3.41. The number of benzene rings is 1. The van der Waals surface area contributed by atoms with Crippen molar-refractivity contribution in [3.05, 3.63) is 41.4 Å². The maximum Gasteiger partial charge on any atom is 0.123 e. The lowest BCUT2D eigenvalue weighted by Crippen LogP contribution is -1.92. The van der Waals surface area contributed by atoms with Crippen LogP contribution in [0.1, 0.15) is 11.7 Å². The van der Waals surface area contributed by atoms with E-state index in [-0.39, 0.29) is 5.75 Å². The van der Waals surface area contributed by atoms with Crippen molar-refractivity contribution in [2.24, 2.45) is 0 Å². The second-order valence-corrected chi connectivity index (χ2v) is 2.82. The first-order chi connectivity index (χ1) is 5.65. The van der Waals surface area contributed by atoms with Crippen LogP contribution in [0.25, 0.3) is 0 Å². The van der Waals surface area contributed by atoms with Gasteiger partial charge in [-0.05, 0) is 12.1 Å². The fourth-order valence-electron chi connectivity index (χ4n) is 0.894. The Morgan fingerprint density at radius 1 is 1.50 bits per heavy atom. The van der Waals surface area contributed by atoms with Gasteiger partial charge < -0.3 is 10.2 Å². The molecule has 0 saturated heterocycles. The second kappa shape index (κ2) is 3.61. The molecule has 0 amide bonds. The first-order valence-electron chi connectivity index (χ1n) is 3.44. The SMILES string of the molecule is C=CC(O)c1ccc(Cl)cc1O. The molecule has 12 heavy (non-hydrogen) atoms. The highest BCUT2D eigenvalue weighted by atomic mass is 35.5. The number of aliphatic hydroxyl groups is 1. The summed E-state index contributed by atoms with van der Waals surface area (Å²) in [7, 11) is 0. The normalized spacial score (nSPS) is 12.5. The summed E-state index contributed by atoms with van der Waals surface area (Å²) in [5.74, 6) is -0.0186. The third-order valence-corrected chi connectivity index (χ3v) is 1.77. The fraction of sp³-hybridized carbons (Fsp3) is 0.111. The van der Waals surface area contributed by atoms with Gasteiger partial charge in [-0.15, -0.1) is 6.58 Å². The van der Waals surface area contributed by atoms with Gasteiger partial charge >= 0.3 is 0 Å². The van der Waals surface area contributed by atoms with Crippen molar-refractivity contribution >= 4 is 11.6 Å². The lowest BCUT2D eigenvalue weighted by atomic mass is 10.1. The maximum atomic E-state index is 9.30. The van der Waals surface area contributed by atoms with Crippen LogP contribution in [0.15, 0.2) is 30.9 Å². The van der Waals surface area contributed by atoms with Crippen LogP contribution < -0.4 is 0 Å². The maximum absolute atomic E-state index is 9.30. The molecule has 0 bridgehead atoms.